The normalized spacial score (nSPS) is 10.7. The number of nitrogens with one attached hydrogen (secondary N) is 3. The molecule has 0 fully saturated rings. The highest BCUT2D eigenvalue weighted by Crippen LogP contribution is 2.19. The van der Waals surface area contributed by atoms with E-state index in [2.05, 4.69) is 36.1 Å². The molecule has 4 rings (SSSR count). The molecule has 0 aliphatic carbocycles. The van der Waals surface area contributed by atoms with E-state index in [9.17, 15) is 14.5 Å². The van der Waals surface area contributed by atoms with Gasteiger partial charge in [-0.25, -0.2) is 9.82 Å². The van der Waals surface area contributed by atoms with Crippen molar-refractivity contribution >= 4 is 41.1 Å². The fourth-order valence-electron chi connectivity index (χ4n) is 2.74. The van der Waals surface area contributed by atoms with E-state index >= 15 is 0 Å². The summed E-state index contributed by atoms with van der Waals surface area (Å²) in [7, 11) is 0. The van der Waals surface area contributed by atoms with Crippen LogP contribution in [0.25, 0.3) is 0 Å². The Labute approximate surface area is 187 Å². The van der Waals surface area contributed by atoms with E-state index in [1.807, 2.05) is 60.7 Å². The first-order valence-electron chi connectivity index (χ1n) is 9.70. The smallest absolute Gasteiger partial charge is 0.270 e. The molecule has 0 saturated carbocycles. The van der Waals surface area contributed by atoms with Gasteiger partial charge in [0.15, 0.2) is 0 Å². The molecule has 3 N–H and O–H groups in total. The van der Waals surface area contributed by atoms with Crippen LogP contribution in [0.2, 0.25) is 0 Å². The monoisotopic (exact) mass is 444 g/mol. The Kier molecular flexibility index (Phi) is 6.40. The van der Waals surface area contributed by atoms with Gasteiger partial charge < -0.3 is 10.6 Å². The van der Waals surface area contributed by atoms with Crippen LogP contribution in [0.1, 0.15) is 5.56 Å². The minimum atomic E-state index is -0.653. The maximum atomic E-state index is 14.0. The van der Waals surface area contributed by atoms with Gasteiger partial charge in [-0.2, -0.15) is 20.1 Å². The number of anilines is 5. The lowest BCUT2D eigenvalue weighted by atomic mass is 10.2. The molecule has 1 aromatic heterocycles. The van der Waals surface area contributed by atoms with Crippen LogP contribution in [0.3, 0.4) is 0 Å². The van der Waals surface area contributed by atoms with Gasteiger partial charge >= 0.3 is 0 Å². The summed E-state index contributed by atoms with van der Waals surface area (Å²) in [6, 6.07) is 21.8. The predicted molar refractivity (Wildman–Crippen MR) is 124 cm³/mol. The molecule has 33 heavy (non-hydrogen) atoms. The number of nitro groups is 1. The Balaban J connectivity index is 1.59. The maximum Gasteiger partial charge on any atom is 0.270 e. The van der Waals surface area contributed by atoms with Gasteiger partial charge in [-0.3, -0.25) is 10.1 Å². The lowest BCUT2D eigenvalue weighted by Gasteiger charge is -2.10. The van der Waals surface area contributed by atoms with Gasteiger partial charge in [0, 0.05) is 29.1 Å². The topological polar surface area (TPSA) is 130 Å². The number of rotatable bonds is 8. The second-order valence-corrected chi connectivity index (χ2v) is 6.62. The van der Waals surface area contributed by atoms with E-state index in [1.165, 1.54) is 0 Å². The molecule has 4 aromatic rings. The Morgan fingerprint density at radius 2 is 1.36 bits per heavy atom. The molecule has 0 bridgehead atoms. The van der Waals surface area contributed by atoms with Gasteiger partial charge in [0.2, 0.25) is 17.8 Å². The molecule has 0 aliphatic heterocycles. The number of hydrogen-bond acceptors (Lipinski definition) is 9. The predicted octanol–water partition coefficient (Wildman–Crippen LogP) is 4.85. The SMILES string of the molecule is O=[N+]([O-])c1ccc(F)c(/C=N/Nc2nc(Nc3ccccc3)nc(Nc3ccccc3)n2)c1. The standard InChI is InChI=1S/C22H17FN8O2/c23-19-12-11-18(31(32)33)13-15(19)14-24-30-22-28-20(25-16-7-3-1-4-8-16)27-21(29-22)26-17-9-5-2-6-10-17/h1-14H,(H3,25,26,27,28,29,30)/b24-14+. The second kappa shape index (κ2) is 9.92. The minimum absolute atomic E-state index is 0.0592. The van der Waals surface area contributed by atoms with Crippen LogP contribution >= 0.6 is 0 Å². The molecule has 0 saturated heterocycles. The van der Waals surface area contributed by atoms with Crippen molar-refractivity contribution in [3.05, 3.63) is 100 Å². The number of halogens is 1. The average molecular weight is 444 g/mol. The number of hydrazone groups is 1. The third-order valence-corrected chi connectivity index (χ3v) is 4.25. The van der Waals surface area contributed by atoms with Crippen LogP contribution in [-0.2, 0) is 0 Å². The summed E-state index contributed by atoms with van der Waals surface area (Å²) in [6.07, 6.45) is 1.11. The van der Waals surface area contributed by atoms with Crippen molar-refractivity contribution in [2.45, 2.75) is 0 Å². The first-order valence-corrected chi connectivity index (χ1v) is 9.70. The Hall–Kier alpha value is -4.93. The molecule has 0 amide bonds. The van der Waals surface area contributed by atoms with Gasteiger partial charge in [-0.15, -0.1) is 0 Å². The van der Waals surface area contributed by atoms with Crippen molar-refractivity contribution in [3.8, 4) is 0 Å². The summed E-state index contributed by atoms with van der Waals surface area (Å²) < 4.78 is 14.0. The number of nitro benzene ring substituents is 1. The largest absolute Gasteiger partial charge is 0.324 e. The summed E-state index contributed by atoms with van der Waals surface area (Å²) in [4.78, 5) is 23.2. The van der Waals surface area contributed by atoms with Crippen molar-refractivity contribution in [1.82, 2.24) is 15.0 Å². The van der Waals surface area contributed by atoms with Crippen molar-refractivity contribution < 1.29 is 9.31 Å². The van der Waals surface area contributed by atoms with E-state index in [-0.39, 0.29) is 29.1 Å². The third kappa shape index (κ3) is 5.82. The van der Waals surface area contributed by atoms with E-state index in [0.717, 1.165) is 35.8 Å². The fourth-order valence-corrected chi connectivity index (χ4v) is 2.74. The van der Waals surface area contributed by atoms with Crippen LogP contribution in [0, 0.1) is 15.9 Å². The Morgan fingerprint density at radius 1 is 0.818 bits per heavy atom. The molecule has 0 atom stereocenters. The molecule has 0 radical (unpaired) electrons. The molecule has 0 aliphatic rings. The summed E-state index contributed by atoms with van der Waals surface area (Å²) >= 11 is 0. The zero-order valence-electron chi connectivity index (χ0n) is 17.0. The lowest BCUT2D eigenvalue weighted by molar-refractivity contribution is -0.384. The highest BCUT2D eigenvalue weighted by atomic mass is 19.1. The van der Waals surface area contributed by atoms with E-state index in [0.29, 0.717) is 0 Å². The van der Waals surface area contributed by atoms with Crippen LogP contribution < -0.4 is 16.1 Å². The number of nitrogens with zero attached hydrogens (tertiary/aromatic N) is 5. The lowest BCUT2D eigenvalue weighted by Crippen LogP contribution is -2.07. The van der Waals surface area contributed by atoms with Gasteiger partial charge in [0.25, 0.3) is 5.69 Å². The zero-order valence-corrected chi connectivity index (χ0v) is 17.0. The summed E-state index contributed by atoms with van der Waals surface area (Å²) in [5, 5.41) is 21.0. The number of benzene rings is 3. The van der Waals surface area contributed by atoms with Crippen LogP contribution in [0.4, 0.5) is 39.3 Å². The minimum Gasteiger partial charge on any atom is -0.324 e. The number of aromatic nitrogens is 3. The third-order valence-electron chi connectivity index (χ3n) is 4.25. The molecular formula is C22H17FN8O2. The van der Waals surface area contributed by atoms with Gasteiger partial charge in [0.05, 0.1) is 11.1 Å². The number of non-ortho nitro benzene ring substituents is 1. The first-order chi connectivity index (χ1) is 16.1. The quantitative estimate of drug-likeness (QED) is 0.200. The van der Waals surface area contributed by atoms with Crippen LogP contribution in [-0.4, -0.2) is 26.1 Å². The molecule has 0 unspecified atom stereocenters. The summed E-state index contributed by atoms with van der Waals surface area (Å²) in [5.74, 6) is -0.0914. The fraction of sp³-hybridized carbons (Fsp3) is 0. The zero-order chi connectivity index (χ0) is 23.0. The van der Waals surface area contributed by atoms with Crippen molar-refractivity contribution in [3.63, 3.8) is 0 Å². The van der Waals surface area contributed by atoms with E-state index in [1.54, 1.807) is 0 Å². The summed E-state index contributed by atoms with van der Waals surface area (Å²) in [5.41, 5.74) is 3.84. The molecule has 1 heterocycles. The van der Waals surface area contributed by atoms with Crippen molar-refractivity contribution in [1.29, 1.82) is 0 Å². The Morgan fingerprint density at radius 3 is 1.91 bits per heavy atom. The molecule has 0 spiro atoms. The maximum absolute atomic E-state index is 14.0. The van der Waals surface area contributed by atoms with E-state index in [4.69, 9.17) is 0 Å². The van der Waals surface area contributed by atoms with Crippen molar-refractivity contribution in [2.24, 2.45) is 5.10 Å². The number of para-hydroxylation sites is 2. The highest BCUT2D eigenvalue weighted by Gasteiger charge is 2.10. The van der Waals surface area contributed by atoms with Gasteiger partial charge in [0.1, 0.15) is 5.82 Å². The molecule has 10 nitrogen and oxygen atoms in total. The van der Waals surface area contributed by atoms with E-state index < -0.39 is 10.7 Å². The molecule has 3 aromatic carbocycles. The Bertz CT molecular complexity index is 1230. The van der Waals surface area contributed by atoms with Crippen molar-refractivity contribution in [2.75, 3.05) is 16.1 Å². The summed E-state index contributed by atoms with van der Waals surface area (Å²) in [6.45, 7) is 0. The van der Waals surface area contributed by atoms with Crippen LogP contribution in [0.15, 0.2) is 84.0 Å². The van der Waals surface area contributed by atoms with Gasteiger partial charge in [-0.1, -0.05) is 36.4 Å². The van der Waals surface area contributed by atoms with Gasteiger partial charge in [-0.05, 0) is 30.3 Å². The highest BCUT2D eigenvalue weighted by molar-refractivity contribution is 5.81. The average Bonchev–Trinajstić information content (AvgIpc) is 2.81. The molecular weight excluding hydrogens is 427 g/mol. The van der Waals surface area contributed by atoms with Crippen LogP contribution in [0.5, 0.6) is 0 Å². The molecule has 11 heteroatoms. The number of hydrogen-bond donors (Lipinski definition) is 3. The second-order valence-electron chi connectivity index (χ2n) is 6.62. The molecule has 164 valence electrons. The first kappa shape index (κ1) is 21.3.